The summed E-state index contributed by atoms with van der Waals surface area (Å²) in [5, 5.41) is 14.6. The maximum absolute atomic E-state index is 11.3. The van der Waals surface area contributed by atoms with Crippen molar-refractivity contribution in [3.8, 4) is 34.0 Å². The van der Waals surface area contributed by atoms with Crippen LogP contribution in [0.25, 0.3) is 28.2 Å². The Balaban J connectivity index is 1.75. The minimum absolute atomic E-state index is 0.0827. The van der Waals surface area contributed by atoms with E-state index in [1.807, 2.05) is 36.4 Å². The molecule has 0 saturated heterocycles. The lowest BCUT2D eigenvalue weighted by Gasteiger charge is -2.08. The largest absolute Gasteiger partial charge is 0.504 e. The topological polar surface area (TPSA) is 76.7 Å². The highest BCUT2D eigenvalue weighted by Gasteiger charge is 2.12. The summed E-state index contributed by atoms with van der Waals surface area (Å²) in [5.41, 5.74) is 5.09. The van der Waals surface area contributed by atoms with E-state index in [-0.39, 0.29) is 11.5 Å². The van der Waals surface area contributed by atoms with Crippen molar-refractivity contribution in [2.24, 2.45) is 0 Å². The Hall–Kier alpha value is -3.67. The van der Waals surface area contributed by atoms with Gasteiger partial charge >= 0.3 is 0 Å². The predicted octanol–water partition coefficient (Wildman–Crippen LogP) is 3.91. The van der Waals surface area contributed by atoms with E-state index in [2.05, 4.69) is 4.98 Å². The van der Waals surface area contributed by atoms with Gasteiger partial charge in [0, 0.05) is 17.5 Å². The molecule has 2 aromatic carbocycles. The van der Waals surface area contributed by atoms with Crippen LogP contribution in [-0.2, 0) is 11.2 Å². The molecule has 2 heterocycles. The van der Waals surface area contributed by atoms with Gasteiger partial charge in [0.2, 0.25) is 0 Å². The molecule has 1 N–H and O–H groups in total. The molecule has 0 aliphatic carbocycles. The molecule has 6 nitrogen and oxygen atoms in total. The Kier molecular flexibility index (Phi) is 4.53. The first kappa shape index (κ1) is 17.7. The lowest BCUT2D eigenvalue weighted by molar-refractivity contribution is -0.116. The molecule has 0 unspecified atom stereocenters. The molecule has 0 aliphatic rings. The number of nitrogens with zero attached hydrogens (tertiary/aromatic N) is 3. The Morgan fingerprint density at radius 2 is 1.82 bits per heavy atom. The highest BCUT2D eigenvalue weighted by molar-refractivity contribution is 5.78. The first-order chi connectivity index (χ1) is 13.5. The number of hydrogen-bond donors (Lipinski definition) is 1. The number of phenols is 1. The molecule has 0 saturated carbocycles. The predicted molar refractivity (Wildman–Crippen MR) is 106 cm³/mol. The molecule has 0 atom stereocenters. The third-order valence-corrected chi connectivity index (χ3v) is 4.54. The molecular weight excluding hydrogens is 354 g/mol. The molecule has 140 valence electrons. The van der Waals surface area contributed by atoms with Gasteiger partial charge in [-0.2, -0.15) is 5.10 Å². The number of phenolic OH excluding ortho intramolecular Hbond substituents is 1. The second-order valence-electron chi connectivity index (χ2n) is 6.59. The molecule has 0 bridgehead atoms. The first-order valence-electron chi connectivity index (χ1n) is 8.86. The van der Waals surface area contributed by atoms with Gasteiger partial charge in [0.05, 0.1) is 24.7 Å². The van der Waals surface area contributed by atoms with Gasteiger partial charge in [-0.1, -0.05) is 24.3 Å². The molecule has 0 radical (unpaired) electrons. The van der Waals surface area contributed by atoms with Crippen molar-refractivity contribution in [3.05, 3.63) is 66.4 Å². The second-order valence-corrected chi connectivity index (χ2v) is 6.59. The van der Waals surface area contributed by atoms with Crippen LogP contribution in [-0.4, -0.2) is 32.6 Å². The van der Waals surface area contributed by atoms with Crippen LogP contribution in [0.4, 0.5) is 0 Å². The minimum atomic E-state index is 0.0827. The highest BCUT2D eigenvalue weighted by Crippen LogP contribution is 2.31. The van der Waals surface area contributed by atoms with E-state index >= 15 is 0 Å². The number of methoxy groups -OCH3 is 1. The summed E-state index contributed by atoms with van der Waals surface area (Å²) in [4.78, 5) is 15.7. The van der Waals surface area contributed by atoms with Gasteiger partial charge in [0.15, 0.2) is 17.1 Å². The summed E-state index contributed by atoms with van der Waals surface area (Å²) < 4.78 is 6.97. The average Bonchev–Trinajstić information content (AvgIpc) is 3.12. The van der Waals surface area contributed by atoms with Crippen molar-refractivity contribution in [2.75, 3.05) is 7.11 Å². The van der Waals surface area contributed by atoms with E-state index in [9.17, 15) is 9.90 Å². The van der Waals surface area contributed by atoms with Crippen LogP contribution in [0.2, 0.25) is 0 Å². The summed E-state index contributed by atoms with van der Waals surface area (Å²) >= 11 is 0. The van der Waals surface area contributed by atoms with Gasteiger partial charge in [-0.3, -0.25) is 4.79 Å². The van der Waals surface area contributed by atoms with Gasteiger partial charge < -0.3 is 9.84 Å². The van der Waals surface area contributed by atoms with Crippen LogP contribution in [0.5, 0.6) is 11.5 Å². The van der Waals surface area contributed by atoms with E-state index < -0.39 is 0 Å². The van der Waals surface area contributed by atoms with Crippen molar-refractivity contribution in [2.45, 2.75) is 13.3 Å². The molecule has 0 spiro atoms. The van der Waals surface area contributed by atoms with Crippen LogP contribution in [0, 0.1) is 0 Å². The number of carbonyl (C=O) groups is 1. The Morgan fingerprint density at radius 1 is 1.07 bits per heavy atom. The molecule has 4 rings (SSSR count). The van der Waals surface area contributed by atoms with Crippen LogP contribution in [0.15, 0.2) is 60.8 Å². The van der Waals surface area contributed by atoms with Gasteiger partial charge in [-0.15, -0.1) is 0 Å². The quantitative estimate of drug-likeness (QED) is 0.574. The fourth-order valence-electron chi connectivity index (χ4n) is 3.14. The standard InChI is InChI=1S/C22H19N3O3/c1-14(26)11-15-3-5-16(6-4-15)18-8-10-22-23-13-19(25(22)24-18)17-7-9-20(27)21(12-17)28-2/h3-10,12-13,27H,11H2,1-2H3. The van der Waals surface area contributed by atoms with E-state index in [1.54, 1.807) is 35.8 Å². The smallest absolute Gasteiger partial charge is 0.161 e. The van der Waals surface area contributed by atoms with E-state index in [4.69, 9.17) is 9.84 Å². The number of aromatic nitrogens is 3. The summed E-state index contributed by atoms with van der Waals surface area (Å²) in [5.74, 6) is 0.615. The van der Waals surface area contributed by atoms with Crippen molar-refractivity contribution < 1.29 is 14.6 Å². The molecule has 0 fully saturated rings. The highest BCUT2D eigenvalue weighted by atomic mass is 16.5. The molecule has 28 heavy (non-hydrogen) atoms. The zero-order valence-corrected chi connectivity index (χ0v) is 15.6. The van der Waals surface area contributed by atoms with Crippen LogP contribution >= 0.6 is 0 Å². The number of imidazole rings is 1. The molecule has 4 aromatic rings. The number of fused-ring (bicyclic) bond motifs is 1. The third kappa shape index (κ3) is 3.32. The monoisotopic (exact) mass is 373 g/mol. The SMILES string of the molecule is COc1cc(-c2cnc3ccc(-c4ccc(CC(C)=O)cc4)nn23)ccc1O. The fraction of sp³-hybridized carbons (Fsp3) is 0.136. The molecule has 6 heteroatoms. The normalized spacial score (nSPS) is 10.9. The summed E-state index contributed by atoms with van der Waals surface area (Å²) in [6.07, 6.45) is 2.18. The van der Waals surface area contributed by atoms with Crippen molar-refractivity contribution in [1.29, 1.82) is 0 Å². The van der Waals surface area contributed by atoms with Gasteiger partial charge in [0.25, 0.3) is 0 Å². The molecule has 0 amide bonds. The minimum Gasteiger partial charge on any atom is -0.504 e. The summed E-state index contributed by atoms with van der Waals surface area (Å²) in [6, 6.07) is 16.8. The number of rotatable bonds is 5. The first-order valence-corrected chi connectivity index (χ1v) is 8.86. The zero-order valence-electron chi connectivity index (χ0n) is 15.6. The van der Waals surface area contributed by atoms with Crippen LogP contribution < -0.4 is 4.74 Å². The maximum Gasteiger partial charge on any atom is 0.161 e. The van der Waals surface area contributed by atoms with Crippen LogP contribution in [0.1, 0.15) is 12.5 Å². The van der Waals surface area contributed by atoms with Gasteiger partial charge in [-0.05, 0) is 42.8 Å². The fourth-order valence-corrected chi connectivity index (χ4v) is 3.14. The zero-order chi connectivity index (χ0) is 19.7. The van der Waals surface area contributed by atoms with E-state index in [1.165, 1.54) is 7.11 Å². The number of aromatic hydroxyl groups is 1. The van der Waals surface area contributed by atoms with Crippen molar-refractivity contribution in [3.63, 3.8) is 0 Å². The third-order valence-electron chi connectivity index (χ3n) is 4.54. The van der Waals surface area contributed by atoms with Crippen molar-refractivity contribution >= 4 is 11.4 Å². The number of carbonyl (C=O) groups excluding carboxylic acids is 1. The van der Waals surface area contributed by atoms with E-state index in [0.29, 0.717) is 12.2 Å². The van der Waals surface area contributed by atoms with Crippen LogP contribution in [0.3, 0.4) is 0 Å². The summed E-state index contributed by atoms with van der Waals surface area (Å²) in [7, 11) is 1.51. The number of benzene rings is 2. The lowest BCUT2D eigenvalue weighted by Crippen LogP contribution is -1.98. The second kappa shape index (κ2) is 7.15. The maximum atomic E-state index is 11.3. The number of Topliss-reactive ketones (excluding diaryl/α,β-unsaturated/α-hetero) is 1. The lowest BCUT2D eigenvalue weighted by atomic mass is 10.1. The van der Waals surface area contributed by atoms with Crippen molar-refractivity contribution in [1.82, 2.24) is 14.6 Å². The van der Waals surface area contributed by atoms with Gasteiger partial charge in [0.1, 0.15) is 5.78 Å². The Bertz CT molecular complexity index is 1160. The Morgan fingerprint density at radius 3 is 2.54 bits per heavy atom. The molecule has 2 aromatic heterocycles. The average molecular weight is 373 g/mol. The molecule has 0 aliphatic heterocycles. The van der Waals surface area contributed by atoms with Gasteiger partial charge in [-0.25, -0.2) is 9.50 Å². The summed E-state index contributed by atoms with van der Waals surface area (Å²) in [6.45, 7) is 1.59. The number of ketones is 1. The Labute approximate surface area is 162 Å². The number of hydrogen-bond acceptors (Lipinski definition) is 5. The number of ether oxygens (including phenoxy) is 1. The van der Waals surface area contributed by atoms with E-state index in [0.717, 1.165) is 33.7 Å². The molecular formula is C22H19N3O3.